The minimum Gasteiger partial charge on any atom is -0.464 e. The molecule has 0 saturated heterocycles. The van der Waals surface area contributed by atoms with E-state index in [2.05, 4.69) is 4.98 Å². The van der Waals surface area contributed by atoms with E-state index in [9.17, 15) is 9.90 Å². The highest BCUT2D eigenvalue weighted by Gasteiger charge is 2.32. The molecule has 0 fully saturated rings. The minimum absolute atomic E-state index is 0.159. The van der Waals surface area contributed by atoms with Gasteiger partial charge in [0.2, 0.25) is 0 Å². The molecule has 1 aromatic heterocycles. The van der Waals surface area contributed by atoms with Crippen molar-refractivity contribution in [3.8, 4) is 0 Å². The van der Waals surface area contributed by atoms with Crippen LogP contribution in [0.4, 0.5) is 0 Å². The van der Waals surface area contributed by atoms with Crippen LogP contribution in [-0.4, -0.2) is 28.3 Å². The molecule has 1 rings (SSSR count). The highest BCUT2D eigenvalue weighted by atomic mass is 16.5. The van der Waals surface area contributed by atoms with Crippen molar-refractivity contribution in [3.05, 3.63) is 30.1 Å². The highest BCUT2D eigenvalue weighted by Crippen LogP contribution is 2.12. The molecule has 0 radical (unpaired) electrons. The number of aliphatic hydroxyl groups is 1. The molecule has 4 heteroatoms. The van der Waals surface area contributed by atoms with Gasteiger partial charge in [0.15, 0.2) is 5.60 Å². The lowest BCUT2D eigenvalue weighted by molar-refractivity contribution is -0.163. The SMILES string of the molecule is CCOC(=O)C(C)(O)Cc1ccccn1. The Kier molecular flexibility index (Phi) is 3.80. The van der Waals surface area contributed by atoms with E-state index in [0.717, 1.165) is 0 Å². The first-order chi connectivity index (χ1) is 7.06. The van der Waals surface area contributed by atoms with Gasteiger partial charge in [0.05, 0.1) is 6.61 Å². The molecule has 0 aliphatic heterocycles. The number of esters is 1. The molecule has 82 valence electrons. The molecule has 1 aromatic rings. The van der Waals surface area contributed by atoms with E-state index < -0.39 is 11.6 Å². The Labute approximate surface area is 88.9 Å². The summed E-state index contributed by atoms with van der Waals surface area (Å²) in [5, 5.41) is 9.85. The number of ether oxygens (including phenoxy) is 1. The summed E-state index contributed by atoms with van der Waals surface area (Å²) in [5.41, 5.74) is -0.847. The third-order valence-electron chi connectivity index (χ3n) is 1.97. The molecule has 1 atom stereocenters. The third kappa shape index (κ3) is 3.32. The fraction of sp³-hybridized carbons (Fsp3) is 0.455. The van der Waals surface area contributed by atoms with E-state index in [-0.39, 0.29) is 13.0 Å². The van der Waals surface area contributed by atoms with Gasteiger partial charge in [-0.2, -0.15) is 0 Å². The Morgan fingerprint density at radius 2 is 2.33 bits per heavy atom. The molecular formula is C11H15NO3. The largest absolute Gasteiger partial charge is 0.464 e. The molecular weight excluding hydrogens is 194 g/mol. The van der Waals surface area contributed by atoms with Gasteiger partial charge in [-0.05, 0) is 26.0 Å². The number of hydrogen-bond acceptors (Lipinski definition) is 4. The van der Waals surface area contributed by atoms with Crippen LogP contribution in [0.5, 0.6) is 0 Å². The van der Waals surface area contributed by atoms with Crippen molar-refractivity contribution >= 4 is 5.97 Å². The minimum atomic E-state index is -1.51. The number of carbonyl (C=O) groups is 1. The fourth-order valence-corrected chi connectivity index (χ4v) is 1.21. The molecule has 1 N–H and O–H groups in total. The van der Waals surface area contributed by atoms with Crippen molar-refractivity contribution in [3.63, 3.8) is 0 Å². The van der Waals surface area contributed by atoms with Gasteiger partial charge in [-0.3, -0.25) is 4.98 Å². The third-order valence-corrected chi connectivity index (χ3v) is 1.97. The second kappa shape index (κ2) is 4.89. The van der Waals surface area contributed by atoms with Crippen molar-refractivity contribution < 1.29 is 14.6 Å². The van der Waals surface area contributed by atoms with Crippen molar-refractivity contribution in [2.75, 3.05) is 6.61 Å². The van der Waals surface area contributed by atoms with E-state index in [4.69, 9.17) is 4.74 Å². The monoisotopic (exact) mass is 209 g/mol. The summed E-state index contributed by atoms with van der Waals surface area (Å²) in [7, 11) is 0. The number of pyridine rings is 1. The maximum Gasteiger partial charge on any atom is 0.338 e. The lowest BCUT2D eigenvalue weighted by Gasteiger charge is -2.20. The Bertz CT molecular complexity index is 322. The maximum absolute atomic E-state index is 11.4. The van der Waals surface area contributed by atoms with Crippen LogP contribution < -0.4 is 0 Å². The van der Waals surface area contributed by atoms with Gasteiger partial charge in [0.1, 0.15) is 0 Å². The zero-order chi connectivity index (χ0) is 11.3. The first-order valence-corrected chi connectivity index (χ1v) is 4.86. The lowest BCUT2D eigenvalue weighted by Crippen LogP contribution is -2.39. The van der Waals surface area contributed by atoms with Crippen LogP contribution in [0.15, 0.2) is 24.4 Å². The van der Waals surface area contributed by atoms with E-state index in [1.165, 1.54) is 6.92 Å². The zero-order valence-corrected chi connectivity index (χ0v) is 8.93. The van der Waals surface area contributed by atoms with Crippen LogP contribution in [0.1, 0.15) is 19.5 Å². The average Bonchev–Trinajstić information content (AvgIpc) is 2.19. The van der Waals surface area contributed by atoms with Gasteiger partial charge >= 0.3 is 5.97 Å². The Morgan fingerprint density at radius 3 is 2.87 bits per heavy atom. The molecule has 4 nitrogen and oxygen atoms in total. The number of nitrogens with zero attached hydrogens (tertiary/aromatic N) is 1. The molecule has 1 heterocycles. The summed E-state index contributed by atoms with van der Waals surface area (Å²) >= 11 is 0. The fourth-order valence-electron chi connectivity index (χ4n) is 1.21. The topological polar surface area (TPSA) is 59.4 Å². The zero-order valence-electron chi connectivity index (χ0n) is 8.93. The second-order valence-corrected chi connectivity index (χ2v) is 3.49. The van der Waals surface area contributed by atoms with Crippen LogP contribution in [-0.2, 0) is 16.0 Å². The molecule has 0 aromatic carbocycles. The Hall–Kier alpha value is -1.42. The van der Waals surface area contributed by atoms with Gasteiger partial charge in [-0.1, -0.05) is 6.07 Å². The van der Waals surface area contributed by atoms with Crippen molar-refractivity contribution in [1.82, 2.24) is 4.98 Å². The van der Waals surface area contributed by atoms with Gasteiger partial charge in [0.25, 0.3) is 0 Å². The predicted molar refractivity (Wildman–Crippen MR) is 55.2 cm³/mol. The summed E-state index contributed by atoms with van der Waals surface area (Å²) in [6.45, 7) is 3.39. The normalized spacial score (nSPS) is 14.3. The number of hydrogen-bond donors (Lipinski definition) is 1. The van der Waals surface area contributed by atoms with E-state index in [0.29, 0.717) is 5.69 Å². The first kappa shape index (κ1) is 11.7. The Morgan fingerprint density at radius 1 is 1.60 bits per heavy atom. The molecule has 1 unspecified atom stereocenters. The molecule has 0 saturated carbocycles. The summed E-state index contributed by atoms with van der Waals surface area (Å²) in [6.07, 6.45) is 1.78. The highest BCUT2D eigenvalue weighted by molar-refractivity contribution is 5.79. The van der Waals surface area contributed by atoms with E-state index in [1.54, 1.807) is 25.3 Å². The van der Waals surface area contributed by atoms with E-state index in [1.807, 2.05) is 6.07 Å². The average molecular weight is 209 g/mol. The molecule has 15 heavy (non-hydrogen) atoms. The standard InChI is InChI=1S/C11H15NO3/c1-3-15-10(13)11(2,14)8-9-6-4-5-7-12-9/h4-7,14H,3,8H2,1-2H3. The first-order valence-electron chi connectivity index (χ1n) is 4.86. The number of carbonyl (C=O) groups excluding carboxylic acids is 1. The van der Waals surface area contributed by atoms with Crippen molar-refractivity contribution in [2.24, 2.45) is 0 Å². The molecule has 0 spiro atoms. The van der Waals surface area contributed by atoms with Crippen molar-refractivity contribution in [1.29, 1.82) is 0 Å². The number of rotatable bonds is 4. The van der Waals surface area contributed by atoms with Crippen LogP contribution in [0, 0.1) is 0 Å². The maximum atomic E-state index is 11.4. The predicted octanol–water partition coefficient (Wildman–Crippen LogP) is 0.938. The molecule has 0 aliphatic rings. The summed E-state index contributed by atoms with van der Waals surface area (Å²) in [4.78, 5) is 15.4. The Balaban J connectivity index is 2.68. The van der Waals surface area contributed by atoms with Gasteiger partial charge in [-0.25, -0.2) is 4.79 Å². The molecule has 0 amide bonds. The lowest BCUT2D eigenvalue weighted by atomic mass is 10.0. The van der Waals surface area contributed by atoms with Crippen LogP contribution >= 0.6 is 0 Å². The van der Waals surface area contributed by atoms with Gasteiger partial charge in [-0.15, -0.1) is 0 Å². The van der Waals surface area contributed by atoms with Crippen LogP contribution in [0.2, 0.25) is 0 Å². The van der Waals surface area contributed by atoms with Crippen LogP contribution in [0.25, 0.3) is 0 Å². The molecule has 0 aliphatic carbocycles. The quantitative estimate of drug-likeness (QED) is 0.750. The van der Waals surface area contributed by atoms with Crippen molar-refractivity contribution in [2.45, 2.75) is 25.9 Å². The van der Waals surface area contributed by atoms with Gasteiger partial charge < -0.3 is 9.84 Å². The number of aromatic nitrogens is 1. The van der Waals surface area contributed by atoms with Gasteiger partial charge in [0, 0.05) is 18.3 Å². The molecule has 0 bridgehead atoms. The second-order valence-electron chi connectivity index (χ2n) is 3.49. The summed E-state index contributed by atoms with van der Waals surface area (Å²) in [6, 6.07) is 5.35. The van der Waals surface area contributed by atoms with E-state index >= 15 is 0 Å². The summed E-state index contributed by atoms with van der Waals surface area (Å²) in [5.74, 6) is -0.615. The summed E-state index contributed by atoms with van der Waals surface area (Å²) < 4.78 is 4.76. The smallest absolute Gasteiger partial charge is 0.338 e. The van der Waals surface area contributed by atoms with Crippen LogP contribution in [0.3, 0.4) is 0 Å².